The summed E-state index contributed by atoms with van der Waals surface area (Å²) in [7, 11) is 0. The van der Waals surface area contributed by atoms with Gasteiger partial charge in [0, 0.05) is 29.8 Å². The first-order valence-electron chi connectivity index (χ1n) is 8.81. The zero-order valence-corrected chi connectivity index (χ0v) is 14.9. The van der Waals surface area contributed by atoms with Crippen LogP contribution >= 0.6 is 0 Å². The number of carbonyl (C=O) groups is 2. The molecule has 3 N–H and O–H groups in total. The summed E-state index contributed by atoms with van der Waals surface area (Å²) >= 11 is 0. The van der Waals surface area contributed by atoms with Gasteiger partial charge in [0.1, 0.15) is 11.6 Å². The minimum Gasteiger partial charge on any atom is -0.334 e. The van der Waals surface area contributed by atoms with Crippen LogP contribution in [0.2, 0.25) is 0 Å². The Morgan fingerprint density at radius 2 is 1.93 bits per heavy atom. The Labute approximate surface area is 156 Å². The lowest BCUT2D eigenvalue weighted by atomic mass is 10.1. The molecule has 3 rings (SSSR count). The van der Waals surface area contributed by atoms with E-state index in [2.05, 4.69) is 16.0 Å². The summed E-state index contributed by atoms with van der Waals surface area (Å²) in [6, 6.07) is 9.37. The summed E-state index contributed by atoms with van der Waals surface area (Å²) in [5, 5.41) is 8.16. The highest BCUT2D eigenvalue weighted by molar-refractivity contribution is 5.94. The van der Waals surface area contributed by atoms with Crippen molar-refractivity contribution in [3.05, 3.63) is 65.2 Å². The molecule has 7 heteroatoms. The molecule has 1 aliphatic rings. The second-order valence-corrected chi connectivity index (χ2v) is 6.68. The second-order valence-electron chi connectivity index (χ2n) is 6.68. The van der Waals surface area contributed by atoms with Crippen LogP contribution in [0.25, 0.3) is 0 Å². The van der Waals surface area contributed by atoms with Gasteiger partial charge in [-0.05, 0) is 43.5 Å². The topological polar surface area (TPSA) is 70.2 Å². The quantitative estimate of drug-likeness (QED) is 0.719. The molecule has 0 unspecified atom stereocenters. The van der Waals surface area contributed by atoms with Gasteiger partial charge in [-0.1, -0.05) is 18.2 Å². The fourth-order valence-corrected chi connectivity index (χ4v) is 2.71. The van der Waals surface area contributed by atoms with Crippen LogP contribution in [0.1, 0.15) is 36.9 Å². The summed E-state index contributed by atoms with van der Waals surface area (Å²) in [5.41, 5.74) is 1.71. The maximum atomic E-state index is 13.8. The Balaban J connectivity index is 1.51. The number of rotatable bonds is 6. The number of hydrogen-bond donors (Lipinski definition) is 3. The molecule has 0 saturated heterocycles. The number of amides is 3. The SMILES string of the molecule is C[C@@H](NC(=O)NCc1cccc(NC(=O)C2CC2)c1)c1ccc(F)cc1F. The first-order chi connectivity index (χ1) is 12.9. The maximum Gasteiger partial charge on any atom is 0.315 e. The second kappa shape index (κ2) is 8.16. The molecule has 142 valence electrons. The number of hydrogen-bond acceptors (Lipinski definition) is 2. The van der Waals surface area contributed by atoms with Gasteiger partial charge in [0.05, 0.1) is 6.04 Å². The first kappa shape index (κ1) is 18.8. The molecule has 27 heavy (non-hydrogen) atoms. The van der Waals surface area contributed by atoms with E-state index >= 15 is 0 Å². The van der Waals surface area contributed by atoms with Gasteiger partial charge in [-0.3, -0.25) is 4.79 Å². The molecule has 1 aliphatic carbocycles. The number of benzene rings is 2. The molecule has 1 fully saturated rings. The van der Waals surface area contributed by atoms with Crippen molar-refractivity contribution in [1.82, 2.24) is 10.6 Å². The van der Waals surface area contributed by atoms with Gasteiger partial charge in [-0.25, -0.2) is 13.6 Å². The summed E-state index contributed by atoms with van der Waals surface area (Å²) in [4.78, 5) is 23.9. The van der Waals surface area contributed by atoms with Crippen molar-refractivity contribution in [2.24, 2.45) is 5.92 Å². The van der Waals surface area contributed by atoms with Crippen LogP contribution < -0.4 is 16.0 Å². The van der Waals surface area contributed by atoms with Crippen LogP contribution in [0.15, 0.2) is 42.5 Å². The van der Waals surface area contributed by atoms with Crippen LogP contribution in [0, 0.1) is 17.6 Å². The Hall–Kier alpha value is -2.96. The van der Waals surface area contributed by atoms with Crippen molar-refractivity contribution >= 4 is 17.6 Å². The van der Waals surface area contributed by atoms with E-state index in [0.29, 0.717) is 5.69 Å². The molecule has 0 aromatic heterocycles. The molecule has 1 saturated carbocycles. The Kier molecular flexibility index (Phi) is 5.69. The Bertz CT molecular complexity index is 853. The van der Waals surface area contributed by atoms with Crippen molar-refractivity contribution < 1.29 is 18.4 Å². The molecule has 2 aromatic carbocycles. The normalized spacial score (nSPS) is 14.3. The van der Waals surface area contributed by atoms with Crippen LogP contribution in [0.4, 0.5) is 19.3 Å². The van der Waals surface area contributed by atoms with E-state index in [1.807, 2.05) is 6.07 Å². The third-order valence-electron chi connectivity index (χ3n) is 4.37. The highest BCUT2D eigenvalue weighted by atomic mass is 19.1. The monoisotopic (exact) mass is 373 g/mol. The standard InChI is InChI=1S/C20H21F2N3O2/c1-12(17-8-7-15(21)10-18(17)22)24-20(27)23-11-13-3-2-4-16(9-13)25-19(26)14-5-6-14/h2-4,7-10,12,14H,5-6,11H2,1H3,(H,25,26)(H2,23,24,27)/t12-/m1/s1. The lowest BCUT2D eigenvalue weighted by Crippen LogP contribution is -2.36. The van der Waals surface area contributed by atoms with Crippen LogP contribution in [0.5, 0.6) is 0 Å². The average Bonchev–Trinajstić information content (AvgIpc) is 3.45. The van der Waals surface area contributed by atoms with Gasteiger partial charge in [0.25, 0.3) is 0 Å². The van der Waals surface area contributed by atoms with Crippen LogP contribution in [0.3, 0.4) is 0 Å². The summed E-state index contributed by atoms with van der Waals surface area (Å²) < 4.78 is 26.7. The van der Waals surface area contributed by atoms with Crippen LogP contribution in [-0.4, -0.2) is 11.9 Å². The van der Waals surface area contributed by atoms with Gasteiger partial charge in [-0.15, -0.1) is 0 Å². The molecule has 2 aromatic rings. The molecular weight excluding hydrogens is 352 g/mol. The van der Waals surface area contributed by atoms with E-state index < -0.39 is 23.7 Å². The lowest BCUT2D eigenvalue weighted by Gasteiger charge is -2.16. The molecule has 0 bridgehead atoms. The highest BCUT2D eigenvalue weighted by Crippen LogP contribution is 2.30. The van der Waals surface area contributed by atoms with E-state index in [4.69, 9.17) is 0 Å². The van der Waals surface area contributed by atoms with Gasteiger partial charge in [0.15, 0.2) is 0 Å². The van der Waals surface area contributed by atoms with E-state index in [9.17, 15) is 18.4 Å². The Morgan fingerprint density at radius 3 is 2.63 bits per heavy atom. The largest absolute Gasteiger partial charge is 0.334 e. The van der Waals surface area contributed by atoms with Gasteiger partial charge < -0.3 is 16.0 Å². The van der Waals surface area contributed by atoms with Gasteiger partial charge in [0.2, 0.25) is 5.91 Å². The predicted octanol–water partition coefficient (Wildman–Crippen LogP) is 3.87. The molecule has 0 spiro atoms. The summed E-state index contributed by atoms with van der Waals surface area (Å²) in [5.74, 6) is -1.23. The summed E-state index contributed by atoms with van der Waals surface area (Å²) in [6.45, 7) is 1.86. The van der Waals surface area contributed by atoms with Crippen molar-refractivity contribution in [3.8, 4) is 0 Å². The average molecular weight is 373 g/mol. The van der Waals surface area contributed by atoms with Crippen LogP contribution in [-0.2, 0) is 11.3 Å². The van der Waals surface area contributed by atoms with E-state index in [-0.39, 0.29) is 23.9 Å². The molecule has 5 nitrogen and oxygen atoms in total. The number of urea groups is 1. The Morgan fingerprint density at radius 1 is 1.15 bits per heavy atom. The molecule has 0 heterocycles. The lowest BCUT2D eigenvalue weighted by molar-refractivity contribution is -0.117. The smallest absolute Gasteiger partial charge is 0.315 e. The molecule has 0 aliphatic heterocycles. The number of halogens is 2. The summed E-state index contributed by atoms with van der Waals surface area (Å²) in [6.07, 6.45) is 1.86. The highest BCUT2D eigenvalue weighted by Gasteiger charge is 2.29. The fraction of sp³-hybridized carbons (Fsp3) is 0.300. The van der Waals surface area contributed by atoms with E-state index in [1.165, 1.54) is 6.07 Å². The zero-order chi connectivity index (χ0) is 19.4. The predicted molar refractivity (Wildman–Crippen MR) is 97.9 cm³/mol. The van der Waals surface area contributed by atoms with Gasteiger partial charge >= 0.3 is 6.03 Å². The molecule has 0 radical (unpaired) electrons. The van der Waals surface area contributed by atoms with Crippen molar-refractivity contribution in [2.75, 3.05) is 5.32 Å². The zero-order valence-electron chi connectivity index (χ0n) is 14.9. The third kappa shape index (κ3) is 5.26. The maximum absolute atomic E-state index is 13.8. The number of carbonyl (C=O) groups excluding carboxylic acids is 2. The van der Waals surface area contributed by atoms with E-state index in [1.54, 1.807) is 25.1 Å². The first-order valence-corrected chi connectivity index (χ1v) is 8.81. The number of anilines is 1. The number of nitrogens with one attached hydrogen (secondary N) is 3. The van der Waals surface area contributed by atoms with Crippen molar-refractivity contribution in [3.63, 3.8) is 0 Å². The van der Waals surface area contributed by atoms with Crippen molar-refractivity contribution in [1.29, 1.82) is 0 Å². The third-order valence-corrected chi connectivity index (χ3v) is 4.37. The van der Waals surface area contributed by atoms with Gasteiger partial charge in [-0.2, -0.15) is 0 Å². The van der Waals surface area contributed by atoms with Crippen molar-refractivity contribution in [2.45, 2.75) is 32.4 Å². The molecule has 3 amide bonds. The molecular formula is C20H21F2N3O2. The molecule has 1 atom stereocenters. The fourth-order valence-electron chi connectivity index (χ4n) is 2.71. The minimum absolute atomic E-state index is 0.0213. The van der Waals surface area contributed by atoms with E-state index in [0.717, 1.165) is 30.5 Å². The minimum atomic E-state index is -0.707.